The van der Waals surface area contributed by atoms with E-state index in [4.69, 9.17) is 19.7 Å². The van der Waals surface area contributed by atoms with E-state index in [9.17, 15) is 22.8 Å². The predicted octanol–water partition coefficient (Wildman–Crippen LogP) is 2.51. The van der Waals surface area contributed by atoms with E-state index in [0.717, 1.165) is 25.8 Å². The molecule has 0 fully saturated rings. The third-order valence-corrected chi connectivity index (χ3v) is 5.30. The fourth-order valence-corrected chi connectivity index (χ4v) is 3.36. The van der Waals surface area contributed by atoms with Crippen LogP contribution in [0.15, 0.2) is 47.4 Å². The van der Waals surface area contributed by atoms with E-state index in [2.05, 4.69) is 10.1 Å². The highest BCUT2D eigenvalue weighted by molar-refractivity contribution is 7.89. The zero-order valence-electron chi connectivity index (χ0n) is 18.6. The molecule has 0 saturated heterocycles. The molecule has 1 atom stereocenters. The van der Waals surface area contributed by atoms with Gasteiger partial charge in [-0.2, -0.15) is 0 Å². The number of anilines is 1. The number of ether oxygens (including phenoxy) is 3. The van der Waals surface area contributed by atoms with E-state index in [-0.39, 0.29) is 17.0 Å². The number of hydrogen-bond acceptors (Lipinski definition) is 9. The maximum Gasteiger partial charge on any atom is 0.345 e. The normalized spacial score (nSPS) is 11.9. The van der Waals surface area contributed by atoms with Crippen LogP contribution in [0.25, 0.3) is 0 Å². The van der Waals surface area contributed by atoms with Crippen LogP contribution < -0.4 is 15.2 Å². The first-order chi connectivity index (χ1) is 16.0. The van der Waals surface area contributed by atoms with Gasteiger partial charge in [-0.05, 0) is 37.6 Å². The minimum absolute atomic E-state index is 0.101. The lowest BCUT2D eigenvalue weighted by molar-refractivity contribution is -0.164. The molecule has 0 aromatic heterocycles. The van der Waals surface area contributed by atoms with Crippen LogP contribution >= 0.6 is 0 Å². The first-order valence-electron chi connectivity index (χ1n) is 10.3. The van der Waals surface area contributed by atoms with Crippen molar-refractivity contribution >= 4 is 33.6 Å². The Balaban J connectivity index is 2.38. The van der Waals surface area contributed by atoms with Gasteiger partial charge in [0, 0.05) is 6.54 Å². The topological polar surface area (TPSA) is 171 Å². The summed E-state index contributed by atoms with van der Waals surface area (Å²) in [5.41, 5.74) is -0.0413. The zero-order valence-corrected chi connectivity index (χ0v) is 19.5. The molecule has 0 unspecified atom stereocenters. The number of carboxylic acids is 1. The van der Waals surface area contributed by atoms with Gasteiger partial charge in [0.15, 0.2) is 18.5 Å². The lowest BCUT2D eigenvalue weighted by Gasteiger charge is -2.18. The van der Waals surface area contributed by atoms with Gasteiger partial charge in [0.25, 0.3) is 0 Å². The fourth-order valence-electron chi connectivity index (χ4n) is 2.66. The first-order valence-corrected chi connectivity index (χ1v) is 11.8. The summed E-state index contributed by atoms with van der Waals surface area (Å²) in [5, 5.41) is 17.2. The van der Waals surface area contributed by atoms with Crippen molar-refractivity contribution in [2.24, 2.45) is 5.14 Å². The monoisotopic (exact) mass is 494 g/mol. The van der Waals surface area contributed by atoms with Crippen LogP contribution in [-0.2, 0) is 29.1 Å². The molecule has 0 amide bonds. The minimum atomic E-state index is -4.35. The number of nitrogens with one attached hydrogen (secondary N) is 1. The Kier molecular flexibility index (Phi) is 9.39. The number of aliphatic carboxylic acids is 1. The molecular formula is C22H26N2O9S. The standard InChI is InChI=1S/C22H26N2O9S/c1-3-4-10-24-17-11-15(22(28)31-13-19(25)32-14(2)21(26)27)12-18(34(23,29)30)20(17)33-16-8-6-5-7-9-16/h5-9,11-12,14,24H,3-4,10,13H2,1-2H3,(H,26,27)(H2,23,29,30)/t14-/m0/s1. The number of unbranched alkanes of at least 4 members (excludes halogenated alkanes) is 1. The molecular weight excluding hydrogens is 468 g/mol. The molecule has 34 heavy (non-hydrogen) atoms. The van der Waals surface area contributed by atoms with Crippen LogP contribution in [0.1, 0.15) is 37.0 Å². The summed E-state index contributed by atoms with van der Waals surface area (Å²) >= 11 is 0. The zero-order chi connectivity index (χ0) is 25.3. The number of para-hydroxylation sites is 1. The smallest absolute Gasteiger partial charge is 0.345 e. The maximum atomic E-state index is 12.5. The summed E-state index contributed by atoms with van der Waals surface area (Å²) in [6.07, 6.45) is 0.171. The van der Waals surface area contributed by atoms with Crippen LogP contribution in [0.2, 0.25) is 0 Å². The van der Waals surface area contributed by atoms with Crippen molar-refractivity contribution in [3.8, 4) is 11.5 Å². The van der Waals surface area contributed by atoms with E-state index in [1.165, 1.54) is 6.07 Å². The Morgan fingerprint density at radius 1 is 1.15 bits per heavy atom. The molecule has 2 rings (SSSR count). The molecule has 0 heterocycles. The molecule has 0 aliphatic heterocycles. The van der Waals surface area contributed by atoms with Crippen LogP contribution in [-0.4, -0.2) is 50.7 Å². The van der Waals surface area contributed by atoms with Crippen LogP contribution in [0, 0.1) is 0 Å². The Bertz CT molecular complexity index is 1130. The van der Waals surface area contributed by atoms with Crippen molar-refractivity contribution in [3.63, 3.8) is 0 Å². The fraction of sp³-hybridized carbons (Fsp3) is 0.318. The van der Waals surface area contributed by atoms with E-state index < -0.39 is 45.5 Å². The molecule has 0 bridgehead atoms. The second-order valence-corrected chi connectivity index (χ2v) is 8.67. The average Bonchev–Trinajstić information content (AvgIpc) is 2.78. The number of primary sulfonamides is 1. The quantitative estimate of drug-likeness (QED) is 0.294. The Labute approximate surface area is 196 Å². The van der Waals surface area contributed by atoms with Crippen LogP contribution in [0.5, 0.6) is 11.5 Å². The molecule has 0 saturated carbocycles. The lowest BCUT2D eigenvalue weighted by Crippen LogP contribution is -2.26. The molecule has 11 nitrogen and oxygen atoms in total. The molecule has 2 aromatic carbocycles. The van der Waals surface area contributed by atoms with Crippen molar-refractivity contribution in [1.29, 1.82) is 0 Å². The number of esters is 2. The van der Waals surface area contributed by atoms with E-state index in [0.29, 0.717) is 12.3 Å². The van der Waals surface area contributed by atoms with Gasteiger partial charge in [-0.15, -0.1) is 0 Å². The van der Waals surface area contributed by atoms with Gasteiger partial charge in [0.1, 0.15) is 10.6 Å². The van der Waals surface area contributed by atoms with Crippen LogP contribution in [0.3, 0.4) is 0 Å². The average molecular weight is 495 g/mol. The minimum Gasteiger partial charge on any atom is -0.479 e. The second-order valence-electron chi connectivity index (χ2n) is 7.14. The summed E-state index contributed by atoms with van der Waals surface area (Å²) < 4.78 is 39.9. The SMILES string of the molecule is CCCCNc1cc(C(=O)OCC(=O)O[C@@H](C)C(=O)O)cc(S(N)(=O)=O)c1Oc1ccccc1. The van der Waals surface area contributed by atoms with Crippen molar-refractivity contribution in [1.82, 2.24) is 0 Å². The number of rotatable bonds is 12. The number of nitrogens with two attached hydrogens (primary N) is 1. The van der Waals surface area contributed by atoms with Gasteiger partial charge in [-0.3, -0.25) is 0 Å². The van der Waals surface area contributed by atoms with Crippen molar-refractivity contribution in [2.45, 2.75) is 37.7 Å². The van der Waals surface area contributed by atoms with Gasteiger partial charge in [-0.25, -0.2) is 27.9 Å². The van der Waals surface area contributed by atoms with Gasteiger partial charge in [0.2, 0.25) is 10.0 Å². The second kappa shape index (κ2) is 12.0. The molecule has 2 aromatic rings. The number of carbonyl (C=O) groups is 3. The number of sulfonamides is 1. The lowest BCUT2D eigenvalue weighted by atomic mass is 10.1. The summed E-state index contributed by atoms with van der Waals surface area (Å²) in [6.45, 7) is 2.68. The first kappa shape index (κ1) is 26.6. The molecule has 0 radical (unpaired) electrons. The third kappa shape index (κ3) is 7.74. The number of hydrogen-bond donors (Lipinski definition) is 3. The van der Waals surface area contributed by atoms with E-state index in [1.54, 1.807) is 30.3 Å². The number of carbonyl (C=O) groups excluding carboxylic acids is 2. The van der Waals surface area contributed by atoms with Crippen LogP contribution in [0.4, 0.5) is 5.69 Å². The summed E-state index contributed by atoms with van der Waals surface area (Å²) in [6, 6.07) is 10.7. The highest BCUT2D eigenvalue weighted by Gasteiger charge is 2.25. The largest absolute Gasteiger partial charge is 0.479 e. The van der Waals surface area contributed by atoms with Crippen molar-refractivity contribution < 1.29 is 42.1 Å². The van der Waals surface area contributed by atoms with Gasteiger partial charge < -0.3 is 24.6 Å². The third-order valence-electron chi connectivity index (χ3n) is 4.38. The van der Waals surface area contributed by atoms with E-state index >= 15 is 0 Å². The highest BCUT2D eigenvalue weighted by Crippen LogP contribution is 2.37. The highest BCUT2D eigenvalue weighted by atomic mass is 32.2. The summed E-state index contributed by atoms with van der Waals surface area (Å²) in [5.74, 6) is -3.25. The molecule has 0 aliphatic carbocycles. The Morgan fingerprint density at radius 3 is 2.41 bits per heavy atom. The molecule has 4 N–H and O–H groups in total. The molecule has 12 heteroatoms. The molecule has 0 aliphatic rings. The number of benzene rings is 2. The van der Waals surface area contributed by atoms with E-state index in [1.807, 2.05) is 6.92 Å². The Morgan fingerprint density at radius 2 is 1.82 bits per heavy atom. The van der Waals surface area contributed by atoms with Crippen molar-refractivity contribution in [2.75, 3.05) is 18.5 Å². The van der Waals surface area contributed by atoms with Gasteiger partial charge in [-0.1, -0.05) is 31.5 Å². The number of carboxylic acid groups (broad SMARTS) is 1. The molecule has 184 valence electrons. The molecule has 0 spiro atoms. The van der Waals surface area contributed by atoms with Gasteiger partial charge >= 0.3 is 17.9 Å². The Hall–Kier alpha value is -3.64. The summed E-state index contributed by atoms with van der Waals surface area (Å²) in [7, 11) is -4.35. The maximum absolute atomic E-state index is 12.5. The van der Waals surface area contributed by atoms with Crippen molar-refractivity contribution in [3.05, 3.63) is 48.0 Å². The summed E-state index contributed by atoms with van der Waals surface area (Å²) in [4.78, 5) is 34.6. The predicted molar refractivity (Wildman–Crippen MR) is 121 cm³/mol. The van der Waals surface area contributed by atoms with Gasteiger partial charge in [0.05, 0.1) is 11.3 Å².